The molecule has 1 N–H and O–H groups in total. The molecule has 0 radical (unpaired) electrons. The summed E-state index contributed by atoms with van der Waals surface area (Å²) in [5.41, 5.74) is -1.11. The van der Waals surface area contributed by atoms with Crippen molar-refractivity contribution in [2.75, 3.05) is 6.26 Å². The van der Waals surface area contributed by atoms with Crippen molar-refractivity contribution in [3.05, 3.63) is 0 Å². The molecule has 0 bridgehead atoms. The molecular formula is C11H19F3OS. The van der Waals surface area contributed by atoms with E-state index >= 15 is 0 Å². The number of rotatable bonds is 3. The lowest BCUT2D eigenvalue weighted by molar-refractivity contribution is -0.201. The van der Waals surface area contributed by atoms with Crippen LogP contribution >= 0.6 is 11.8 Å². The first kappa shape index (κ1) is 14.2. The van der Waals surface area contributed by atoms with Crippen molar-refractivity contribution in [2.24, 2.45) is 5.92 Å². The quantitative estimate of drug-likeness (QED) is 0.832. The molecule has 1 aliphatic carbocycles. The van der Waals surface area contributed by atoms with Crippen LogP contribution in [-0.2, 0) is 0 Å². The largest absolute Gasteiger partial charge is 0.391 e. The average Bonchev–Trinajstić information content (AvgIpc) is 2.15. The SMILES string of the molecule is CSC(C)C[C@@]1(O)CCC[C@@H](C(F)(F)F)C1. The Hall–Kier alpha value is 0.100. The van der Waals surface area contributed by atoms with Gasteiger partial charge in [0.2, 0.25) is 0 Å². The predicted molar refractivity (Wildman–Crippen MR) is 60.6 cm³/mol. The number of hydrogen-bond acceptors (Lipinski definition) is 2. The minimum absolute atomic E-state index is 0.124. The minimum Gasteiger partial charge on any atom is -0.390 e. The van der Waals surface area contributed by atoms with Gasteiger partial charge in [0.05, 0.1) is 11.5 Å². The fourth-order valence-electron chi connectivity index (χ4n) is 2.42. The number of aliphatic hydroxyl groups is 1. The van der Waals surface area contributed by atoms with Gasteiger partial charge in [-0.1, -0.05) is 6.92 Å². The molecule has 1 saturated carbocycles. The summed E-state index contributed by atoms with van der Waals surface area (Å²) in [5, 5.41) is 10.4. The van der Waals surface area contributed by atoms with E-state index in [0.29, 0.717) is 19.3 Å². The number of hydrogen-bond donors (Lipinski definition) is 1. The molecule has 1 rings (SSSR count). The van der Waals surface area contributed by atoms with Gasteiger partial charge in [-0.15, -0.1) is 0 Å². The van der Waals surface area contributed by atoms with Crippen molar-refractivity contribution in [3.8, 4) is 0 Å². The number of halogens is 3. The monoisotopic (exact) mass is 256 g/mol. The molecule has 1 nitrogen and oxygen atoms in total. The highest BCUT2D eigenvalue weighted by Gasteiger charge is 2.47. The van der Waals surface area contributed by atoms with Gasteiger partial charge in [0, 0.05) is 5.25 Å². The first-order chi connectivity index (χ1) is 7.27. The van der Waals surface area contributed by atoms with Gasteiger partial charge in [-0.2, -0.15) is 24.9 Å². The minimum atomic E-state index is -4.16. The van der Waals surface area contributed by atoms with E-state index in [2.05, 4.69) is 0 Å². The molecule has 0 aromatic heterocycles. The Balaban J connectivity index is 2.61. The van der Waals surface area contributed by atoms with Crippen molar-refractivity contribution in [1.82, 2.24) is 0 Å². The van der Waals surface area contributed by atoms with Crippen LogP contribution < -0.4 is 0 Å². The normalized spacial score (nSPS) is 33.8. The summed E-state index contributed by atoms with van der Waals surface area (Å²) in [5.74, 6) is -1.32. The van der Waals surface area contributed by atoms with Crippen LogP contribution in [0, 0.1) is 5.92 Å². The summed E-state index contributed by atoms with van der Waals surface area (Å²) < 4.78 is 37.8. The predicted octanol–water partition coefficient (Wildman–Crippen LogP) is 3.61. The Kier molecular flexibility index (Phi) is 4.57. The summed E-state index contributed by atoms with van der Waals surface area (Å²) in [6.45, 7) is 1.94. The molecule has 1 unspecified atom stereocenters. The molecule has 0 saturated heterocycles. The van der Waals surface area contributed by atoms with Gasteiger partial charge in [0.15, 0.2) is 0 Å². The van der Waals surface area contributed by atoms with Crippen LogP contribution in [0.2, 0.25) is 0 Å². The van der Waals surface area contributed by atoms with Gasteiger partial charge in [-0.25, -0.2) is 0 Å². The topological polar surface area (TPSA) is 20.2 Å². The van der Waals surface area contributed by atoms with Gasteiger partial charge >= 0.3 is 6.18 Å². The molecule has 96 valence electrons. The zero-order valence-electron chi connectivity index (χ0n) is 9.68. The molecule has 0 spiro atoms. The fourth-order valence-corrected chi connectivity index (χ4v) is 2.90. The molecule has 16 heavy (non-hydrogen) atoms. The molecule has 0 heterocycles. The molecule has 0 aliphatic heterocycles. The summed E-state index contributed by atoms with van der Waals surface area (Å²) in [7, 11) is 0. The lowest BCUT2D eigenvalue weighted by atomic mass is 9.75. The molecule has 0 aromatic carbocycles. The highest BCUT2D eigenvalue weighted by molar-refractivity contribution is 7.99. The van der Waals surface area contributed by atoms with E-state index in [4.69, 9.17) is 0 Å². The Labute approximate surface area is 98.8 Å². The van der Waals surface area contributed by atoms with Crippen LogP contribution in [0.5, 0.6) is 0 Å². The summed E-state index contributed by atoms with van der Waals surface area (Å²) in [6, 6.07) is 0. The van der Waals surface area contributed by atoms with Crippen molar-refractivity contribution >= 4 is 11.8 Å². The van der Waals surface area contributed by atoms with E-state index in [9.17, 15) is 18.3 Å². The molecule has 0 amide bonds. The molecule has 1 aliphatic rings. The third kappa shape index (κ3) is 3.84. The van der Waals surface area contributed by atoms with Gasteiger partial charge in [0.25, 0.3) is 0 Å². The smallest absolute Gasteiger partial charge is 0.390 e. The fraction of sp³-hybridized carbons (Fsp3) is 1.00. The van der Waals surface area contributed by atoms with Crippen LogP contribution in [0.1, 0.15) is 39.0 Å². The Morgan fingerprint density at radius 1 is 1.50 bits per heavy atom. The number of alkyl halides is 3. The van der Waals surface area contributed by atoms with Crippen LogP contribution in [0.3, 0.4) is 0 Å². The lowest BCUT2D eigenvalue weighted by Gasteiger charge is -2.38. The zero-order chi connectivity index (χ0) is 12.4. The maximum absolute atomic E-state index is 12.6. The maximum atomic E-state index is 12.6. The van der Waals surface area contributed by atoms with Crippen molar-refractivity contribution in [1.29, 1.82) is 0 Å². The Morgan fingerprint density at radius 3 is 2.62 bits per heavy atom. The lowest BCUT2D eigenvalue weighted by Crippen LogP contribution is -2.41. The molecule has 1 fully saturated rings. The van der Waals surface area contributed by atoms with E-state index in [-0.39, 0.29) is 18.1 Å². The second kappa shape index (κ2) is 5.17. The molecular weight excluding hydrogens is 237 g/mol. The standard InChI is InChI=1S/C11H19F3OS/c1-8(16-2)6-10(15)5-3-4-9(7-10)11(12,13)14/h8-9,15H,3-7H2,1-2H3/t8?,9-,10+/m1/s1. The third-order valence-electron chi connectivity index (χ3n) is 3.35. The van der Waals surface area contributed by atoms with Gasteiger partial charge in [-0.3, -0.25) is 0 Å². The third-order valence-corrected chi connectivity index (χ3v) is 4.33. The van der Waals surface area contributed by atoms with Crippen molar-refractivity contribution in [2.45, 2.75) is 56.1 Å². The summed E-state index contributed by atoms with van der Waals surface area (Å²) in [6.07, 6.45) is -0.761. The first-order valence-electron chi connectivity index (χ1n) is 5.59. The second-order valence-corrected chi connectivity index (χ2v) is 6.09. The van der Waals surface area contributed by atoms with E-state index < -0.39 is 17.7 Å². The highest BCUT2D eigenvalue weighted by Crippen LogP contribution is 2.43. The van der Waals surface area contributed by atoms with E-state index in [1.54, 1.807) is 11.8 Å². The van der Waals surface area contributed by atoms with Gasteiger partial charge in [0.1, 0.15) is 0 Å². The van der Waals surface area contributed by atoms with Crippen LogP contribution in [0.4, 0.5) is 13.2 Å². The second-order valence-electron chi connectivity index (χ2n) is 4.81. The van der Waals surface area contributed by atoms with Crippen LogP contribution in [0.25, 0.3) is 0 Å². The van der Waals surface area contributed by atoms with E-state index in [1.807, 2.05) is 13.2 Å². The molecule has 5 heteroatoms. The highest BCUT2D eigenvalue weighted by atomic mass is 32.2. The van der Waals surface area contributed by atoms with Gasteiger partial charge in [-0.05, 0) is 38.4 Å². The van der Waals surface area contributed by atoms with Crippen molar-refractivity contribution in [3.63, 3.8) is 0 Å². The van der Waals surface area contributed by atoms with E-state index in [0.717, 1.165) is 0 Å². The average molecular weight is 256 g/mol. The zero-order valence-corrected chi connectivity index (χ0v) is 10.5. The molecule has 3 atom stereocenters. The van der Waals surface area contributed by atoms with E-state index in [1.165, 1.54) is 0 Å². The Morgan fingerprint density at radius 2 is 2.12 bits per heavy atom. The van der Waals surface area contributed by atoms with Crippen LogP contribution in [0.15, 0.2) is 0 Å². The van der Waals surface area contributed by atoms with Crippen LogP contribution in [-0.4, -0.2) is 28.4 Å². The summed E-state index contributed by atoms with van der Waals surface area (Å²) >= 11 is 1.58. The first-order valence-corrected chi connectivity index (χ1v) is 6.87. The van der Waals surface area contributed by atoms with Crippen molar-refractivity contribution < 1.29 is 18.3 Å². The molecule has 0 aromatic rings. The number of thioether (sulfide) groups is 1. The maximum Gasteiger partial charge on any atom is 0.391 e. The van der Waals surface area contributed by atoms with Gasteiger partial charge < -0.3 is 5.11 Å². The summed E-state index contributed by atoms with van der Waals surface area (Å²) in [4.78, 5) is 0. The Bertz CT molecular complexity index is 232.